The molecule has 0 bridgehead atoms. The molecular weight excluding hydrogens is 360 g/mol. The molecule has 0 aliphatic carbocycles. The van der Waals surface area contributed by atoms with E-state index in [1.54, 1.807) is 29.2 Å². The topological polar surface area (TPSA) is 89.8 Å². The van der Waals surface area contributed by atoms with Gasteiger partial charge in [0.15, 0.2) is 12.4 Å². The molecule has 0 atom stereocenters. The van der Waals surface area contributed by atoms with Gasteiger partial charge in [-0.25, -0.2) is 0 Å². The minimum absolute atomic E-state index is 0.0449. The maximum atomic E-state index is 12.4. The van der Waals surface area contributed by atoms with E-state index in [0.29, 0.717) is 24.2 Å². The van der Waals surface area contributed by atoms with Crippen molar-refractivity contribution in [1.29, 1.82) is 0 Å². The second-order valence-electron chi connectivity index (χ2n) is 5.78. The number of hydrogen-bond donors (Lipinski definition) is 0. The molecule has 2 aromatic carbocycles. The van der Waals surface area contributed by atoms with Gasteiger partial charge in [0.2, 0.25) is 5.91 Å². The number of nitro benzene ring substituents is 1. The third-order valence-corrected chi connectivity index (χ3v) is 4.33. The Balaban J connectivity index is 1.69. The van der Waals surface area contributed by atoms with Crippen LogP contribution in [0.1, 0.15) is 23.2 Å². The number of hydrogen-bond acceptors (Lipinski definition) is 5. The Morgan fingerprint density at radius 3 is 2.73 bits per heavy atom. The maximum absolute atomic E-state index is 12.4. The van der Waals surface area contributed by atoms with Gasteiger partial charge < -0.3 is 9.64 Å². The fraction of sp³-hybridized carbons (Fsp3) is 0.222. The quantitative estimate of drug-likeness (QED) is 0.437. The number of carbonyl (C=O) groups excluding carboxylic acids is 2. The standard InChI is InChI=1S/C18H15ClN2O5/c19-15-10-14(21(24)25)6-7-17(15)26-11-16(22)12-3-1-4-13(9-12)20-8-2-5-18(20)23/h1,3-4,6-7,9-10H,2,5,8,11H2. The number of nitro groups is 1. The molecule has 1 saturated heterocycles. The molecule has 26 heavy (non-hydrogen) atoms. The van der Waals surface area contributed by atoms with Crippen LogP contribution in [0.3, 0.4) is 0 Å². The van der Waals surface area contributed by atoms with Crippen LogP contribution in [0.5, 0.6) is 5.75 Å². The summed E-state index contributed by atoms with van der Waals surface area (Å²) in [7, 11) is 0. The number of non-ortho nitro benzene ring substituents is 1. The van der Waals surface area contributed by atoms with E-state index in [-0.39, 0.29) is 34.8 Å². The molecule has 1 heterocycles. The summed E-state index contributed by atoms with van der Waals surface area (Å²) < 4.78 is 5.39. The number of benzene rings is 2. The van der Waals surface area contributed by atoms with Crippen LogP contribution in [-0.2, 0) is 4.79 Å². The number of nitrogens with zero attached hydrogens (tertiary/aromatic N) is 2. The number of halogens is 1. The molecule has 1 amide bonds. The lowest BCUT2D eigenvalue weighted by molar-refractivity contribution is -0.384. The minimum Gasteiger partial charge on any atom is -0.484 e. The van der Waals surface area contributed by atoms with Gasteiger partial charge in [0.25, 0.3) is 5.69 Å². The van der Waals surface area contributed by atoms with Gasteiger partial charge in [0.05, 0.1) is 9.95 Å². The molecule has 0 N–H and O–H groups in total. The summed E-state index contributed by atoms with van der Waals surface area (Å²) in [5.41, 5.74) is 0.948. The minimum atomic E-state index is -0.564. The molecule has 7 nitrogen and oxygen atoms in total. The highest BCUT2D eigenvalue weighted by molar-refractivity contribution is 6.32. The van der Waals surface area contributed by atoms with E-state index >= 15 is 0 Å². The smallest absolute Gasteiger partial charge is 0.271 e. The largest absolute Gasteiger partial charge is 0.484 e. The van der Waals surface area contributed by atoms with Crippen LogP contribution >= 0.6 is 11.6 Å². The number of amides is 1. The van der Waals surface area contributed by atoms with Crippen LogP contribution in [0.25, 0.3) is 0 Å². The molecule has 0 saturated carbocycles. The summed E-state index contributed by atoms with van der Waals surface area (Å²) in [5, 5.41) is 10.8. The van der Waals surface area contributed by atoms with Crippen LogP contribution in [-0.4, -0.2) is 29.8 Å². The van der Waals surface area contributed by atoms with Crippen molar-refractivity contribution >= 4 is 34.7 Å². The first-order chi connectivity index (χ1) is 12.5. The molecule has 134 valence electrons. The molecule has 1 aliphatic rings. The Bertz CT molecular complexity index is 884. The lowest BCUT2D eigenvalue weighted by atomic mass is 10.1. The van der Waals surface area contributed by atoms with Crippen molar-refractivity contribution < 1.29 is 19.2 Å². The average Bonchev–Trinajstić information content (AvgIpc) is 3.06. The summed E-state index contributed by atoms with van der Waals surface area (Å²) in [5.74, 6) is -0.0482. The van der Waals surface area contributed by atoms with Gasteiger partial charge in [0.1, 0.15) is 5.75 Å². The van der Waals surface area contributed by atoms with Gasteiger partial charge >= 0.3 is 0 Å². The van der Waals surface area contributed by atoms with E-state index < -0.39 is 4.92 Å². The average molecular weight is 375 g/mol. The first-order valence-corrected chi connectivity index (χ1v) is 8.34. The van der Waals surface area contributed by atoms with Crippen LogP contribution in [0.4, 0.5) is 11.4 Å². The molecule has 0 radical (unpaired) electrons. The molecule has 0 aromatic heterocycles. The van der Waals surface area contributed by atoms with Gasteiger partial charge in [-0.3, -0.25) is 19.7 Å². The van der Waals surface area contributed by atoms with Crippen LogP contribution in [0.2, 0.25) is 5.02 Å². The van der Waals surface area contributed by atoms with Crippen molar-refractivity contribution in [1.82, 2.24) is 0 Å². The molecule has 0 spiro atoms. The van der Waals surface area contributed by atoms with Gasteiger partial charge in [-0.1, -0.05) is 23.7 Å². The molecule has 3 rings (SSSR count). The number of Topliss-reactive ketones (excluding diaryl/α,β-unsaturated/α-hetero) is 1. The van der Waals surface area contributed by atoms with Gasteiger partial charge in [-0.2, -0.15) is 0 Å². The van der Waals surface area contributed by atoms with Gasteiger partial charge in [0, 0.05) is 36.3 Å². The molecule has 2 aromatic rings. The SMILES string of the molecule is O=C(COc1ccc([N+](=O)[O-])cc1Cl)c1cccc(N2CCCC2=O)c1. The second kappa shape index (κ2) is 7.53. The van der Waals surface area contributed by atoms with E-state index in [2.05, 4.69) is 0 Å². The van der Waals surface area contributed by atoms with Crippen molar-refractivity contribution in [2.75, 3.05) is 18.1 Å². The first-order valence-electron chi connectivity index (χ1n) is 7.96. The maximum Gasteiger partial charge on any atom is 0.271 e. The summed E-state index contributed by atoms with van der Waals surface area (Å²) in [6, 6.07) is 10.6. The van der Waals surface area contributed by atoms with Crippen LogP contribution in [0, 0.1) is 10.1 Å². The van der Waals surface area contributed by atoms with Crippen molar-refractivity contribution in [2.24, 2.45) is 0 Å². The molecule has 0 unspecified atom stereocenters. The zero-order chi connectivity index (χ0) is 18.7. The lowest BCUT2D eigenvalue weighted by Crippen LogP contribution is -2.24. The number of anilines is 1. The fourth-order valence-electron chi connectivity index (χ4n) is 2.72. The van der Waals surface area contributed by atoms with Gasteiger partial charge in [-0.05, 0) is 24.6 Å². The van der Waals surface area contributed by atoms with Gasteiger partial charge in [-0.15, -0.1) is 0 Å². The van der Waals surface area contributed by atoms with Crippen LogP contribution < -0.4 is 9.64 Å². The van der Waals surface area contributed by atoms with Crippen molar-refractivity contribution in [3.8, 4) is 5.75 Å². The lowest BCUT2D eigenvalue weighted by Gasteiger charge is -2.16. The first kappa shape index (κ1) is 17.9. The number of carbonyl (C=O) groups is 2. The summed E-state index contributed by atoms with van der Waals surface area (Å²) in [6.07, 6.45) is 1.32. The summed E-state index contributed by atoms with van der Waals surface area (Å²) >= 11 is 5.95. The Morgan fingerprint density at radius 1 is 1.27 bits per heavy atom. The summed E-state index contributed by atoms with van der Waals surface area (Å²) in [4.78, 5) is 36.0. The third-order valence-electron chi connectivity index (χ3n) is 4.04. The fourth-order valence-corrected chi connectivity index (χ4v) is 2.94. The molecule has 1 aliphatic heterocycles. The highest BCUT2D eigenvalue weighted by atomic mass is 35.5. The number of ether oxygens (including phenoxy) is 1. The van der Waals surface area contributed by atoms with E-state index in [4.69, 9.17) is 16.3 Å². The molecule has 1 fully saturated rings. The summed E-state index contributed by atoms with van der Waals surface area (Å²) in [6.45, 7) is 0.375. The number of ketones is 1. The Morgan fingerprint density at radius 2 is 2.08 bits per heavy atom. The van der Waals surface area contributed by atoms with Crippen LogP contribution in [0.15, 0.2) is 42.5 Å². The monoisotopic (exact) mass is 374 g/mol. The zero-order valence-corrected chi connectivity index (χ0v) is 14.4. The van der Waals surface area contributed by atoms with E-state index in [9.17, 15) is 19.7 Å². The number of rotatable bonds is 6. The molecule has 8 heteroatoms. The predicted molar refractivity (Wildman–Crippen MR) is 96.0 cm³/mol. The normalized spacial score (nSPS) is 13.7. The highest BCUT2D eigenvalue weighted by Crippen LogP contribution is 2.29. The second-order valence-corrected chi connectivity index (χ2v) is 6.19. The van der Waals surface area contributed by atoms with Crippen molar-refractivity contribution in [3.05, 3.63) is 63.2 Å². The predicted octanol–water partition coefficient (Wildman–Crippen LogP) is 3.64. The highest BCUT2D eigenvalue weighted by Gasteiger charge is 2.22. The Labute approximate surface area is 154 Å². The third kappa shape index (κ3) is 3.83. The molecular formula is C18H15ClN2O5. The van der Waals surface area contributed by atoms with E-state index in [1.165, 1.54) is 18.2 Å². The van der Waals surface area contributed by atoms with Crippen molar-refractivity contribution in [3.63, 3.8) is 0 Å². The Hall–Kier alpha value is -2.93. The van der Waals surface area contributed by atoms with E-state index in [0.717, 1.165) is 6.42 Å². The Kier molecular flexibility index (Phi) is 5.18. The van der Waals surface area contributed by atoms with Crippen molar-refractivity contribution in [2.45, 2.75) is 12.8 Å². The van der Waals surface area contributed by atoms with E-state index in [1.807, 2.05) is 0 Å². The zero-order valence-electron chi connectivity index (χ0n) is 13.7.